The van der Waals surface area contributed by atoms with E-state index in [1.54, 1.807) is 0 Å². The first-order chi connectivity index (χ1) is 3.22. The normalized spacial score (nSPS) is 51.0. The maximum Gasteiger partial charge on any atom is 0.132 e. The lowest BCUT2D eigenvalue weighted by Crippen LogP contribution is -2.45. The predicted octanol–water partition coefficient (Wildman–Crippen LogP) is 0.427. The molecule has 1 saturated carbocycles. The fourth-order valence-corrected chi connectivity index (χ4v) is 0.525. The van der Waals surface area contributed by atoms with Gasteiger partial charge < -0.3 is 5.11 Å². The summed E-state index contributed by atoms with van der Waals surface area (Å²) in [5.74, 6) is 0. The van der Waals surface area contributed by atoms with Crippen molar-refractivity contribution >= 4 is 0 Å². The molecule has 0 radical (unpaired) electrons. The summed E-state index contributed by atoms with van der Waals surface area (Å²) in [5.41, 5.74) is 0. The van der Waals surface area contributed by atoms with Gasteiger partial charge in [0.1, 0.15) is 18.4 Å². The Morgan fingerprint density at radius 2 is 1.71 bits per heavy atom. The van der Waals surface area contributed by atoms with Gasteiger partial charge in [0.05, 0.1) is 0 Å². The second-order valence-electron chi connectivity index (χ2n) is 1.76. The van der Waals surface area contributed by atoms with Crippen molar-refractivity contribution in [3.63, 3.8) is 0 Å². The van der Waals surface area contributed by atoms with Gasteiger partial charge in [0.2, 0.25) is 0 Å². The number of aliphatic hydroxyl groups excluding tert-OH is 1. The van der Waals surface area contributed by atoms with Gasteiger partial charge in [-0.3, -0.25) is 0 Å². The van der Waals surface area contributed by atoms with Crippen LogP contribution in [0.5, 0.6) is 0 Å². The molecule has 42 valence electrons. The molecule has 0 amide bonds. The van der Waals surface area contributed by atoms with Gasteiger partial charge in [-0.05, 0) is 0 Å². The number of alkyl halides is 2. The summed E-state index contributed by atoms with van der Waals surface area (Å²) in [4.78, 5) is 0. The maximum absolute atomic E-state index is 11.7. The van der Waals surface area contributed by atoms with Gasteiger partial charge in [-0.2, -0.15) is 0 Å². The summed E-state index contributed by atoms with van der Waals surface area (Å²) >= 11 is 0. The van der Waals surface area contributed by atoms with Gasteiger partial charge in [0.15, 0.2) is 0 Å². The molecule has 0 bridgehead atoms. The van der Waals surface area contributed by atoms with Crippen molar-refractivity contribution in [3.8, 4) is 0 Å². The number of hydrogen-bond acceptors (Lipinski definition) is 1. The third kappa shape index (κ3) is 0.608. The molecule has 1 fully saturated rings. The van der Waals surface area contributed by atoms with Crippen LogP contribution in [-0.4, -0.2) is 23.6 Å². The largest absolute Gasteiger partial charge is 0.387 e. The molecule has 0 aromatic heterocycles. The minimum atomic E-state index is -1.33. The zero-order chi connectivity index (χ0) is 5.44. The second-order valence-corrected chi connectivity index (χ2v) is 1.76. The van der Waals surface area contributed by atoms with Crippen LogP contribution < -0.4 is 0 Å². The highest BCUT2D eigenvalue weighted by molar-refractivity contribution is 4.89. The van der Waals surface area contributed by atoms with Crippen LogP contribution in [-0.2, 0) is 0 Å². The third-order valence-corrected chi connectivity index (χ3v) is 1.19. The van der Waals surface area contributed by atoms with Crippen LogP contribution in [0.3, 0.4) is 0 Å². The fourth-order valence-electron chi connectivity index (χ4n) is 0.525. The van der Waals surface area contributed by atoms with Crippen LogP contribution in [0.15, 0.2) is 0 Å². The quantitative estimate of drug-likeness (QED) is 0.477. The first kappa shape index (κ1) is 4.97. The molecular weight excluding hydrogens is 102 g/mol. The van der Waals surface area contributed by atoms with E-state index >= 15 is 0 Å². The van der Waals surface area contributed by atoms with Crippen molar-refractivity contribution in [3.05, 3.63) is 0 Å². The first-order valence-corrected chi connectivity index (χ1v) is 2.18. The van der Waals surface area contributed by atoms with Crippen LogP contribution in [0.2, 0.25) is 0 Å². The molecule has 0 heterocycles. The monoisotopic (exact) mass is 108 g/mol. The zero-order valence-corrected chi connectivity index (χ0v) is 3.64. The Kier molecular flexibility index (Phi) is 0.995. The van der Waals surface area contributed by atoms with Crippen molar-refractivity contribution in [2.45, 2.75) is 24.9 Å². The van der Waals surface area contributed by atoms with Crippen molar-refractivity contribution in [2.75, 3.05) is 0 Å². The van der Waals surface area contributed by atoms with E-state index in [-0.39, 0.29) is 6.42 Å². The average Bonchev–Trinajstić information content (AvgIpc) is 1.68. The minimum Gasteiger partial charge on any atom is -0.387 e. The van der Waals surface area contributed by atoms with E-state index in [4.69, 9.17) is 5.11 Å². The highest BCUT2D eigenvalue weighted by atomic mass is 19.2. The molecule has 2 atom stereocenters. The summed E-state index contributed by atoms with van der Waals surface area (Å²) in [7, 11) is 0. The summed E-state index contributed by atoms with van der Waals surface area (Å²) < 4.78 is 23.3. The Hall–Kier alpha value is -0.180. The molecule has 1 rings (SSSR count). The summed E-state index contributed by atoms with van der Waals surface area (Å²) in [6.45, 7) is 0. The molecule has 0 aromatic carbocycles. The molecule has 0 saturated heterocycles. The van der Waals surface area contributed by atoms with Crippen molar-refractivity contribution in [2.24, 2.45) is 0 Å². The summed E-state index contributed by atoms with van der Waals surface area (Å²) in [6, 6.07) is 0. The van der Waals surface area contributed by atoms with E-state index in [1.807, 2.05) is 0 Å². The number of rotatable bonds is 0. The van der Waals surface area contributed by atoms with E-state index in [0.29, 0.717) is 0 Å². The van der Waals surface area contributed by atoms with E-state index in [0.717, 1.165) is 0 Å². The van der Waals surface area contributed by atoms with Crippen molar-refractivity contribution in [1.29, 1.82) is 0 Å². The van der Waals surface area contributed by atoms with E-state index in [1.165, 1.54) is 0 Å². The first-order valence-electron chi connectivity index (χ1n) is 2.18. The van der Waals surface area contributed by atoms with Crippen molar-refractivity contribution < 1.29 is 13.9 Å². The molecule has 1 N–H and O–H groups in total. The Labute approximate surface area is 40.0 Å². The number of hydrogen-bond donors (Lipinski definition) is 1. The summed E-state index contributed by atoms with van der Waals surface area (Å²) in [5, 5.41) is 8.23. The zero-order valence-electron chi connectivity index (χ0n) is 3.64. The van der Waals surface area contributed by atoms with Crippen LogP contribution in [0.4, 0.5) is 8.78 Å². The molecule has 3 heteroatoms. The molecule has 1 aliphatic carbocycles. The molecular formula is C4H6F2O. The second kappa shape index (κ2) is 1.40. The minimum absolute atomic E-state index is 0.124. The third-order valence-electron chi connectivity index (χ3n) is 1.19. The Morgan fingerprint density at radius 3 is 1.71 bits per heavy atom. The SMILES string of the molecule is OC1C(F)CC1F. The smallest absolute Gasteiger partial charge is 0.132 e. The lowest BCUT2D eigenvalue weighted by Gasteiger charge is -2.29. The topological polar surface area (TPSA) is 20.2 Å². The standard InChI is InChI=1S/C4H6F2O/c5-2-1-3(6)4(2)7/h2-4,7H,1H2. The molecule has 2 unspecified atom stereocenters. The Morgan fingerprint density at radius 1 is 1.29 bits per heavy atom. The van der Waals surface area contributed by atoms with Crippen molar-refractivity contribution in [1.82, 2.24) is 0 Å². The van der Waals surface area contributed by atoms with E-state index in [2.05, 4.69) is 0 Å². The maximum atomic E-state index is 11.7. The van der Waals surface area contributed by atoms with E-state index in [9.17, 15) is 8.78 Å². The van der Waals surface area contributed by atoms with Gasteiger partial charge in [-0.15, -0.1) is 0 Å². The van der Waals surface area contributed by atoms with Gasteiger partial charge in [0, 0.05) is 6.42 Å². The molecule has 1 nitrogen and oxygen atoms in total. The van der Waals surface area contributed by atoms with Gasteiger partial charge in [-0.1, -0.05) is 0 Å². The van der Waals surface area contributed by atoms with Crippen LogP contribution >= 0.6 is 0 Å². The molecule has 7 heavy (non-hydrogen) atoms. The lowest BCUT2D eigenvalue weighted by atomic mass is 9.91. The average molecular weight is 108 g/mol. The fraction of sp³-hybridized carbons (Fsp3) is 1.00. The predicted molar refractivity (Wildman–Crippen MR) is 20.4 cm³/mol. The van der Waals surface area contributed by atoms with Gasteiger partial charge >= 0.3 is 0 Å². The van der Waals surface area contributed by atoms with E-state index < -0.39 is 18.4 Å². The van der Waals surface area contributed by atoms with Crippen LogP contribution in [0.25, 0.3) is 0 Å². The Bertz CT molecular complexity index is 68.1. The molecule has 1 aliphatic rings. The number of aliphatic hydroxyl groups is 1. The lowest BCUT2D eigenvalue weighted by molar-refractivity contribution is -0.0729. The van der Waals surface area contributed by atoms with Gasteiger partial charge in [-0.25, -0.2) is 8.78 Å². The van der Waals surface area contributed by atoms with Gasteiger partial charge in [0.25, 0.3) is 0 Å². The Balaban J connectivity index is 2.29. The molecule has 0 aromatic rings. The highest BCUT2D eigenvalue weighted by Crippen LogP contribution is 2.26. The van der Waals surface area contributed by atoms with Crippen LogP contribution in [0, 0.1) is 0 Å². The number of halogens is 2. The highest BCUT2D eigenvalue weighted by Gasteiger charge is 2.40. The summed E-state index contributed by atoms with van der Waals surface area (Å²) in [6.07, 6.45) is -4.08. The van der Waals surface area contributed by atoms with Crippen LogP contribution in [0.1, 0.15) is 6.42 Å². The molecule has 0 aliphatic heterocycles. The molecule has 0 spiro atoms.